The molecule has 4 heteroatoms. The molecular formula is C14H19N3O. The van der Waals surface area contributed by atoms with Crippen LogP contribution in [-0.4, -0.2) is 16.6 Å². The SMILES string of the molecule is C[C@@H]1CCC[C@H](C)C1=NNC(=O)c1ccccn1. The van der Waals surface area contributed by atoms with Gasteiger partial charge in [-0.05, 0) is 36.8 Å². The average molecular weight is 245 g/mol. The van der Waals surface area contributed by atoms with E-state index in [9.17, 15) is 4.79 Å². The van der Waals surface area contributed by atoms with E-state index in [-0.39, 0.29) is 5.91 Å². The lowest BCUT2D eigenvalue weighted by Gasteiger charge is -2.26. The van der Waals surface area contributed by atoms with Crippen LogP contribution in [0.4, 0.5) is 0 Å². The van der Waals surface area contributed by atoms with E-state index in [1.807, 2.05) is 0 Å². The summed E-state index contributed by atoms with van der Waals surface area (Å²) in [4.78, 5) is 15.8. The lowest BCUT2D eigenvalue weighted by Crippen LogP contribution is -2.29. The van der Waals surface area contributed by atoms with Crippen molar-refractivity contribution in [3.8, 4) is 0 Å². The summed E-state index contributed by atoms with van der Waals surface area (Å²) in [6, 6.07) is 5.26. The number of aromatic nitrogens is 1. The molecule has 1 aromatic heterocycles. The van der Waals surface area contributed by atoms with Crippen LogP contribution in [0.1, 0.15) is 43.6 Å². The molecule has 0 unspecified atom stereocenters. The second kappa shape index (κ2) is 5.76. The Kier molecular flexibility index (Phi) is 4.07. The van der Waals surface area contributed by atoms with Crippen molar-refractivity contribution in [2.24, 2.45) is 16.9 Å². The Bertz CT molecular complexity index is 430. The minimum atomic E-state index is -0.243. The fourth-order valence-electron chi connectivity index (χ4n) is 2.40. The molecule has 1 saturated carbocycles. The lowest BCUT2D eigenvalue weighted by molar-refractivity contribution is 0.0949. The zero-order valence-electron chi connectivity index (χ0n) is 10.9. The van der Waals surface area contributed by atoms with E-state index < -0.39 is 0 Å². The highest BCUT2D eigenvalue weighted by molar-refractivity contribution is 5.94. The van der Waals surface area contributed by atoms with Crippen molar-refractivity contribution >= 4 is 11.6 Å². The van der Waals surface area contributed by atoms with Crippen LogP contribution >= 0.6 is 0 Å². The van der Waals surface area contributed by atoms with Gasteiger partial charge in [0.2, 0.25) is 0 Å². The Morgan fingerprint density at radius 2 is 2.06 bits per heavy atom. The van der Waals surface area contributed by atoms with Crippen molar-refractivity contribution in [1.82, 2.24) is 10.4 Å². The van der Waals surface area contributed by atoms with Gasteiger partial charge in [0.1, 0.15) is 5.69 Å². The Morgan fingerprint density at radius 1 is 1.33 bits per heavy atom. The molecule has 1 fully saturated rings. The van der Waals surface area contributed by atoms with Gasteiger partial charge in [-0.1, -0.05) is 26.3 Å². The van der Waals surface area contributed by atoms with Crippen LogP contribution in [-0.2, 0) is 0 Å². The molecular weight excluding hydrogens is 226 g/mol. The molecule has 1 aliphatic rings. The summed E-state index contributed by atoms with van der Waals surface area (Å²) < 4.78 is 0. The molecule has 2 atom stereocenters. The van der Waals surface area contributed by atoms with E-state index in [0.29, 0.717) is 17.5 Å². The highest BCUT2D eigenvalue weighted by Gasteiger charge is 2.23. The molecule has 1 aliphatic carbocycles. The third-order valence-electron chi connectivity index (χ3n) is 3.47. The molecule has 0 saturated heterocycles. The zero-order valence-corrected chi connectivity index (χ0v) is 10.9. The number of rotatable bonds is 2. The number of carbonyl (C=O) groups excluding carboxylic acids is 1. The molecule has 18 heavy (non-hydrogen) atoms. The summed E-state index contributed by atoms with van der Waals surface area (Å²) in [5, 5.41) is 4.30. The molecule has 0 radical (unpaired) electrons. The summed E-state index contributed by atoms with van der Waals surface area (Å²) in [6.45, 7) is 4.34. The summed E-state index contributed by atoms with van der Waals surface area (Å²) in [6.07, 6.45) is 5.16. The first-order valence-electron chi connectivity index (χ1n) is 6.47. The number of carbonyl (C=O) groups is 1. The molecule has 0 bridgehead atoms. The Labute approximate surface area is 108 Å². The second-order valence-electron chi connectivity index (χ2n) is 4.93. The van der Waals surface area contributed by atoms with Crippen molar-refractivity contribution in [2.75, 3.05) is 0 Å². The number of hydrogen-bond acceptors (Lipinski definition) is 3. The number of nitrogens with zero attached hydrogens (tertiary/aromatic N) is 2. The van der Waals surface area contributed by atoms with Gasteiger partial charge < -0.3 is 0 Å². The Morgan fingerprint density at radius 3 is 2.67 bits per heavy atom. The molecule has 1 heterocycles. The van der Waals surface area contributed by atoms with Crippen LogP contribution in [0.2, 0.25) is 0 Å². The highest BCUT2D eigenvalue weighted by Crippen LogP contribution is 2.25. The fraction of sp³-hybridized carbons (Fsp3) is 0.500. The quantitative estimate of drug-likeness (QED) is 0.814. The molecule has 0 aliphatic heterocycles. The number of pyridine rings is 1. The minimum Gasteiger partial charge on any atom is -0.266 e. The lowest BCUT2D eigenvalue weighted by atomic mass is 9.81. The van der Waals surface area contributed by atoms with Crippen LogP contribution in [0, 0.1) is 11.8 Å². The van der Waals surface area contributed by atoms with Gasteiger partial charge in [0.25, 0.3) is 5.91 Å². The molecule has 0 spiro atoms. The standard InChI is InChI=1S/C14H19N3O/c1-10-6-5-7-11(2)13(10)16-17-14(18)12-8-3-4-9-15-12/h3-4,8-11H,5-7H2,1-2H3,(H,17,18)/t10-,11+. The molecule has 0 aromatic carbocycles. The van der Waals surface area contributed by atoms with Gasteiger partial charge in [-0.25, -0.2) is 5.43 Å². The van der Waals surface area contributed by atoms with E-state index in [0.717, 1.165) is 18.6 Å². The van der Waals surface area contributed by atoms with E-state index >= 15 is 0 Å². The minimum absolute atomic E-state index is 0.243. The predicted octanol–water partition coefficient (Wildman–Crippen LogP) is 2.62. The third kappa shape index (κ3) is 2.94. The molecule has 96 valence electrons. The average Bonchev–Trinajstić information content (AvgIpc) is 2.39. The molecule has 1 aromatic rings. The van der Waals surface area contributed by atoms with Crippen LogP contribution < -0.4 is 5.43 Å². The van der Waals surface area contributed by atoms with Gasteiger partial charge in [-0.3, -0.25) is 9.78 Å². The maximum absolute atomic E-state index is 11.8. The van der Waals surface area contributed by atoms with Gasteiger partial charge in [0.15, 0.2) is 0 Å². The number of nitrogens with one attached hydrogen (secondary N) is 1. The number of hydrogen-bond donors (Lipinski definition) is 1. The maximum Gasteiger partial charge on any atom is 0.289 e. The highest BCUT2D eigenvalue weighted by atomic mass is 16.2. The monoisotopic (exact) mass is 245 g/mol. The smallest absolute Gasteiger partial charge is 0.266 e. The summed E-state index contributed by atoms with van der Waals surface area (Å²) >= 11 is 0. The topological polar surface area (TPSA) is 54.4 Å². The molecule has 1 N–H and O–H groups in total. The van der Waals surface area contributed by atoms with Crippen molar-refractivity contribution in [3.63, 3.8) is 0 Å². The van der Waals surface area contributed by atoms with Gasteiger partial charge in [-0.15, -0.1) is 0 Å². The Balaban J connectivity index is 2.03. The second-order valence-corrected chi connectivity index (χ2v) is 4.93. The normalized spacial score (nSPS) is 26.0. The maximum atomic E-state index is 11.8. The van der Waals surface area contributed by atoms with Gasteiger partial charge in [0.05, 0.1) is 0 Å². The third-order valence-corrected chi connectivity index (χ3v) is 3.47. The van der Waals surface area contributed by atoms with Crippen molar-refractivity contribution < 1.29 is 4.79 Å². The van der Waals surface area contributed by atoms with Crippen LogP contribution in [0.5, 0.6) is 0 Å². The summed E-state index contributed by atoms with van der Waals surface area (Å²) in [7, 11) is 0. The van der Waals surface area contributed by atoms with E-state index in [2.05, 4.69) is 29.4 Å². The van der Waals surface area contributed by atoms with Crippen molar-refractivity contribution in [3.05, 3.63) is 30.1 Å². The van der Waals surface area contributed by atoms with Gasteiger partial charge >= 0.3 is 0 Å². The largest absolute Gasteiger partial charge is 0.289 e. The molecule has 1 amide bonds. The zero-order chi connectivity index (χ0) is 13.0. The summed E-state index contributed by atoms with van der Waals surface area (Å²) in [5.41, 5.74) is 4.12. The Hall–Kier alpha value is -1.71. The van der Waals surface area contributed by atoms with Gasteiger partial charge in [0, 0.05) is 11.9 Å². The van der Waals surface area contributed by atoms with E-state index in [1.165, 1.54) is 6.42 Å². The van der Waals surface area contributed by atoms with Crippen molar-refractivity contribution in [1.29, 1.82) is 0 Å². The first kappa shape index (κ1) is 12.7. The summed E-state index contributed by atoms with van der Waals surface area (Å²) in [5.74, 6) is 0.670. The van der Waals surface area contributed by atoms with Crippen LogP contribution in [0.3, 0.4) is 0 Å². The fourth-order valence-corrected chi connectivity index (χ4v) is 2.40. The molecule has 2 rings (SSSR count). The number of amides is 1. The van der Waals surface area contributed by atoms with Gasteiger partial charge in [-0.2, -0.15) is 5.10 Å². The number of hydrazone groups is 1. The first-order valence-corrected chi connectivity index (χ1v) is 6.47. The van der Waals surface area contributed by atoms with Crippen LogP contribution in [0.15, 0.2) is 29.5 Å². The first-order chi connectivity index (χ1) is 8.68. The predicted molar refractivity (Wildman–Crippen MR) is 71.3 cm³/mol. The van der Waals surface area contributed by atoms with Crippen molar-refractivity contribution in [2.45, 2.75) is 33.1 Å². The van der Waals surface area contributed by atoms with E-state index in [4.69, 9.17) is 0 Å². The molecule has 4 nitrogen and oxygen atoms in total. The van der Waals surface area contributed by atoms with E-state index in [1.54, 1.807) is 24.4 Å². The van der Waals surface area contributed by atoms with Crippen LogP contribution in [0.25, 0.3) is 0 Å².